The smallest absolute Gasteiger partial charge is 0.305 e. The van der Waals surface area contributed by atoms with E-state index in [9.17, 15) is 4.79 Å². The lowest BCUT2D eigenvalue weighted by Crippen LogP contribution is -2.38. The lowest BCUT2D eigenvalue weighted by molar-refractivity contribution is -0.143. The molecule has 0 aliphatic carbocycles. The van der Waals surface area contributed by atoms with Gasteiger partial charge in [0.15, 0.2) is 5.96 Å². The van der Waals surface area contributed by atoms with Crippen LogP contribution in [0.25, 0.3) is 0 Å². The van der Waals surface area contributed by atoms with E-state index >= 15 is 0 Å². The summed E-state index contributed by atoms with van der Waals surface area (Å²) in [6.07, 6.45) is 5.59. The van der Waals surface area contributed by atoms with Crippen molar-refractivity contribution in [2.24, 2.45) is 4.99 Å². The van der Waals surface area contributed by atoms with Gasteiger partial charge in [-0.05, 0) is 38.7 Å². The molecule has 0 saturated heterocycles. The van der Waals surface area contributed by atoms with Crippen molar-refractivity contribution in [1.29, 1.82) is 0 Å². The number of nitrogens with zero attached hydrogens (tertiary/aromatic N) is 1. The molecule has 0 amide bonds. The molecule has 1 rings (SSSR count). The van der Waals surface area contributed by atoms with E-state index in [4.69, 9.17) is 4.74 Å². The van der Waals surface area contributed by atoms with E-state index in [-0.39, 0.29) is 29.9 Å². The second-order valence-corrected chi connectivity index (χ2v) is 5.89. The van der Waals surface area contributed by atoms with Gasteiger partial charge in [-0.3, -0.25) is 9.79 Å². The van der Waals surface area contributed by atoms with Crippen LogP contribution in [-0.2, 0) is 16.0 Å². The molecule has 0 saturated carbocycles. The number of halogens is 1. The molecule has 0 unspecified atom stereocenters. The normalized spacial score (nSPS) is 10.8. The van der Waals surface area contributed by atoms with Crippen LogP contribution < -0.4 is 10.6 Å². The van der Waals surface area contributed by atoms with Crippen LogP contribution >= 0.6 is 24.0 Å². The standard InChI is InChI=1S/C20H33N3O2.HI/c1-3-21-20(23-17-15-18-12-8-7-9-13-18)22-16-11-6-5-10-14-19(24)25-4-2;/h7-9,12-13H,3-6,10-11,14-17H2,1-2H3,(H2,21,22,23);1H. The number of rotatable bonds is 12. The summed E-state index contributed by atoms with van der Waals surface area (Å²) in [6, 6.07) is 10.5. The molecule has 5 nitrogen and oxygen atoms in total. The summed E-state index contributed by atoms with van der Waals surface area (Å²) in [5.41, 5.74) is 1.33. The van der Waals surface area contributed by atoms with E-state index in [0.717, 1.165) is 57.7 Å². The summed E-state index contributed by atoms with van der Waals surface area (Å²) >= 11 is 0. The number of carbonyl (C=O) groups excluding carboxylic acids is 1. The lowest BCUT2D eigenvalue weighted by Gasteiger charge is -2.11. The molecule has 148 valence electrons. The van der Waals surface area contributed by atoms with Crippen molar-refractivity contribution in [2.45, 2.75) is 52.4 Å². The highest BCUT2D eigenvalue weighted by atomic mass is 127. The largest absolute Gasteiger partial charge is 0.466 e. The van der Waals surface area contributed by atoms with E-state index in [2.05, 4.69) is 46.8 Å². The minimum atomic E-state index is -0.0856. The fourth-order valence-corrected chi connectivity index (χ4v) is 2.47. The third-order valence-electron chi connectivity index (χ3n) is 3.76. The number of carbonyl (C=O) groups is 1. The van der Waals surface area contributed by atoms with Crippen LogP contribution in [0.2, 0.25) is 0 Å². The number of nitrogens with one attached hydrogen (secondary N) is 2. The first-order valence-electron chi connectivity index (χ1n) is 9.48. The molecule has 0 aliphatic heterocycles. The summed E-state index contributed by atoms with van der Waals surface area (Å²) in [5.74, 6) is 0.794. The van der Waals surface area contributed by atoms with E-state index < -0.39 is 0 Å². The molecule has 0 fully saturated rings. The summed E-state index contributed by atoms with van der Waals surface area (Å²) in [5, 5.41) is 6.66. The third-order valence-corrected chi connectivity index (χ3v) is 3.76. The zero-order chi connectivity index (χ0) is 18.2. The second kappa shape index (κ2) is 17.1. The Bertz CT molecular complexity index is 495. The Morgan fingerprint density at radius 3 is 2.46 bits per heavy atom. The van der Waals surface area contributed by atoms with Gasteiger partial charge in [0.1, 0.15) is 0 Å². The number of unbranched alkanes of at least 4 members (excludes halogenated alkanes) is 3. The fraction of sp³-hybridized carbons (Fsp3) is 0.600. The number of hydrogen-bond acceptors (Lipinski definition) is 3. The molecule has 0 spiro atoms. The minimum Gasteiger partial charge on any atom is -0.466 e. The Balaban J connectivity index is 0.00000625. The van der Waals surface area contributed by atoms with Gasteiger partial charge in [0.25, 0.3) is 0 Å². The third kappa shape index (κ3) is 13.0. The zero-order valence-electron chi connectivity index (χ0n) is 16.1. The van der Waals surface area contributed by atoms with Gasteiger partial charge in [0.2, 0.25) is 0 Å². The average Bonchev–Trinajstić information content (AvgIpc) is 2.62. The van der Waals surface area contributed by atoms with Crippen LogP contribution in [0.15, 0.2) is 35.3 Å². The maximum atomic E-state index is 11.2. The van der Waals surface area contributed by atoms with Gasteiger partial charge in [-0.25, -0.2) is 0 Å². The Morgan fingerprint density at radius 2 is 1.77 bits per heavy atom. The van der Waals surface area contributed by atoms with Crippen molar-refractivity contribution >= 4 is 35.9 Å². The van der Waals surface area contributed by atoms with Crippen molar-refractivity contribution in [3.8, 4) is 0 Å². The molecule has 2 N–H and O–H groups in total. The van der Waals surface area contributed by atoms with Gasteiger partial charge < -0.3 is 15.4 Å². The zero-order valence-corrected chi connectivity index (χ0v) is 18.5. The maximum absolute atomic E-state index is 11.2. The van der Waals surface area contributed by atoms with Crippen molar-refractivity contribution in [3.05, 3.63) is 35.9 Å². The number of aliphatic imine (C=N–C) groups is 1. The summed E-state index contributed by atoms with van der Waals surface area (Å²) in [6.45, 7) is 6.92. The number of esters is 1. The molecule has 0 atom stereocenters. The first-order chi connectivity index (χ1) is 12.3. The molecule has 0 heterocycles. The Labute approximate surface area is 175 Å². The predicted molar refractivity (Wildman–Crippen MR) is 119 cm³/mol. The quantitative estimate of drug-likeness (QED) is 0.158. The molecule has 0 aliphatic rings. The summed E-state index contributed by atoms with van der Waals surface area (Å²) < 4.78 is 4.92. The van der Waals surface area contributed by atoms with Gasteiger partial charge in [-0.15, -0.1) is 24.0 Å². The van der Waals surface area contributed by atoms with Crippen LogP contribution in [0.4, 0.5) is 0 Å². The lowest BCUT2D eigenvalue weighted by atomic mass is 10.1. The number of guanidine groups is 1. The summed E-state index contributed by atoms with van der Waals surface area (Å²) in [7, 11) is 0. The van der Waals surface area contributed by atoms with Gasteiger partial charge in [0.05, 0.1) is 6.61 Å². The van der Waals surface area contributed by atoms with Crippen LogP contribution in [0.1, 0.15) is 51.5 Å². The molecule has 1 aromatic carbocycles. The van der Waals surface area contributed by atoms with Gasteiger partial charge in [-0.2, -0.15) is 0 Å². The van der Waals surface area contributed by atoms with Crippen molar-refractivity contribution in [1.82, 2.24) is 10.6 Å². The van der Waals surface area contributed by atoms with Crippen molar-refractivity contribution < 1.29 is 9.53 Å². The van der Waals surface area contributed by atoms with Crippen molar-refractivity contribution in [3.63, 3.8) is 0 Å². The van der Waals surface area contributed by atoms with Crippen LogP contribution in [0.3, 0.4) is 0 Å². The molecule has 6 heteroatoms. The van der Waals surface area contributed by atoms with E-state index in [1.54, 1.807) is 0 Å². The first kappa shape index (κ1) is 24.7. The fourth-order valence-electron chi connectivity index (χ4n) is 2.47. The molecule has 0 radical (unpaired) electrons. The maximum Gasteiger partial charge on any atom is 0.305 e. The van der Waals surface area contributed by atoms with Gasteiger partial charge >= 0.3 is 5.97 Å². The summed E-state index contributed by atoms with van der Waals surface area (Å²) in [4.78, 5) is 15.8. The molecule has 0 bridgehead atoms. The molecule has 1 aromatic rings. The Morgan fingerprint density at radius 1 is 1.04 bits per heavy atom. The number of benzene rings is 1. The topological polar surface area (TPSA) is 62.7 Å². The molecule has 26 heavy (non-hydrogen) atoms. The van der Waals surface area contributed by atoms with Crippen LogP contribution in [0, 0.1) is 0 Å². The highest BCUT2D eigenvalue weighted by Gasteiger charge is 2.01. The SMILES string of the molecule is CCNC(=NCCCCCCC(=O)OCC)NCCc1ccccc1.I. The number of hydrogen-bond donors (Lipinski definition) is 2. The second-order valence-electron chi connectivity index (χ2n) is 5.89. The van der Waals surface area contributed by atoms with E-state index in [0.29, 0.717) is 13.0 Å². The predicted octanol–water partition coefficient (Wildman–Crippen LogP) is 3.92. The first-order valence-corrected chi connectivity index (χ1v) is 9.48. The van der Waals surface area contributed by atoms with Crippen molar-refractivity contribution in [2.75, 3.05) is 26.2 Å². The Hall–Kier alpha value is -1.31. The average molecular weight is 475 g/mol. The Kier molecular flexibility index (Phi) is 16.3. The highest BCUT2D eigenvalue weighted by molar-refractivity contribution is 14.0. The van der Waals surface area contributed by atoms with Crippen LogP contribution in [-0.4, -0.2) is 38.2 Å². The molecular weight excluding hydrogens is 441 g/mol. The van der Waals surface area contributed by atoms with Gasteiger partial charge in [-0.1, -0.05) is 43.2 Å². The minimum absolute atomic E-state index is 0. The van der Waals surface area contributed by atoms with Gasteiger partial charge in [0, 0.05) is 26.1 Å². The number of ether oxygens (including phenoxy) is 1. The van der Waals surface area contributed by atoms with Crippen LogP contribution in [0.5, 0.6) is 0 Å². The monoisotopic (exact) mass is 475 g/mol. The van der Waals surface area contributed by atoms with E-state index in [1.807, 2.05) is 13.0 Å². The van der Waals surface area contributed by atoms with E-state index in [1.165, 1.54) is 5.56 Å². The molecule has 0 aromatic heterocycles. The molecular formula is C20H34IN3O2. The highest BCUT2D eigenvalue weighted by Crippen LogP contribution is 2.04.